The Balaban J connectivity index is 1.79. The first-order chi connectivity index (χ1) is 9.19. The number of nitrogens with zero attached hydrogens (tertiary/aromatic N) is 2. The van der Waals surface area contributed by atoms with Crippen molar-refractivity contribution in [2.24, 2.45) is 11.7 Å². The maximum absolute atomic E-state index is 11.1. The Morgan fingerprint density at radius 1 is 1.58 bits per heavy atom. The van der Waals surface area contributed by atoms with Crippen LogP contribution in [0.3, 0.4) is 0 Å². The van der Waals surface area contributed by atoms with Crippen LogP contribution in [0.25, 0.3) is 0 Å². The molecule has 3 N–H and O–H groups in total. The highest BCUT2D eigenvalue weighted by Crippen LogP contribution is 2.23. The van der Waals surface area contributed by atoms with Gasteiger partial charge in [0.25, 0.3) is 0 Å². The fourth-order valence-corrected chi connectivity index (χ4v) is 3.17. The summed E-state index contributed by atoms with van der Waals surface area (Å²) in [4.78, 5) is 19.1. The number of hydrogen-bond acceptors (Lipinski definition) is 5. The Morgan fingerprint density at radius 3 is 2.95 bits per heavy atom. The Morgan fingerprint density at radius 2 is 2.32 bits per heavy atom. The van der Waals surface area contributed by atoms with Crippen LogP contribution in [0.1, 0.15) is 31.1 Å². The summed E-state index contributed by atoms with van der Waals surface area (Å²) in [7, 11) is 0. The van der Waals surface area contributed by atoms with E-state index < -0.39 is 0 Å². The zero-order valence-electron chi connectivity index (χ0n) is 11.4. The van der Waals surface area contributed by atoms with Gasteiger partial charge in [-0.2, -0.15) is 0 Å². The molecule has 0 spiro atoms. The number of primary amides is 1. The van der Waals surface area contributed by atoms with E-state index in [1.807, 2.05) is 6.20 Å². The molecule has 1 aliphatic rings. The predicted molar refractivity (Wildman–Crippen MR) is 78.1 cm³/mol. The van der Waals surface area contributed by atoms with Gasteiger partial charge in [0, 0.05) is 30.1 Å². The zero-order valence-corrected chi connectivity index (χ0v) is 12.2. The van der Waals surface area contributed by atoms with Gasteiger partial charge in [-0.25, -0.2) is 4.98 Å². The fourth-order valence-electron chi connectivity index (χ4n) is 2.29. The smallest absolute Gasteiger partial charge is 0.220 e. The van der Waals surface area contributed by atoms with E-state index in [1.54, 1.807) is 11.3 Å². The highest BCUT2D eigenvalue weighted by molar-refractivity contribution is 7.15. The molecule has 0 aromatic carbocycles. The second-order valence-electron chi connectivity index (χ2n) is 5.01. The first-order valence-electron chi connectivity index (χ1n) is 6.89. The third-order valence-electron chi connectivity index (χ3n) is 3.45. The van der Waals surface area contributed by atoms with E-state index >= 15 is 0 Å². The van der Waals surface area contributed by atoms with Crippen molar-refractivity contribution < 1.29 is 4.79 Å². The first-order valence-corrected chi connectivity index (χ1v) is 7.71. The molecular formula is C13H22N4OS. The minimum absolute atomic E-state index is 0.0690. The van der Waals surface area contributed by atoms with Gasteiger partial charge < -0.3 is 11.1 Å². The quantitative estimate of drug-likeness (QED) is 0.832. The lowest BCUT2D eigenvalue weighted by Crippen LogP contribution is -2.37. The molecule has 1 fully saturated rings. The second-order valence-corrected chi connectivity index (χ2v) is 6.13. The summed E-state index contributed by atoms with van der Waals surface area (Å²) in [5.74, 6) is -0.0806. The van der Waals surface area contributed by atoms with Crippen LogP contribution in [0, 0.1) is 5.92 Å². The molecule has 19 heavy (non-hydrogen) atoms. The molecule has 1 saturated heterocycles. The molecule has 5 nitrogen and oxygen atoms in total. The third kappa shape index (κ3) is 4.18. The predicted octanol–water partition coefficient (Wildman–Crippen LogP) is 1.66. The van der Waals surface area contributed by atoms with E-state index in [2.05, 4.69) is 22.1 Å². The Hall–Kier alpha value is -1.14. The molecule has 6 heteroatoms. The van der Waals surface area contributed by atoms with Gasteiger partial charge in [-0.15, -0.1) is 11.3 Å². The summed E-state index contributed by atoms with van der Waals surface area (Å²) in [6.45, 7) is 5.94. The fraction of sp³-hybridized carbons (Fsp3) is 0.692. The number of rotatable bonds is 6. The minimum Gasteiger partial charge on any atom is -0.369 e. The van der Waals surface area contributed by atoms with Gasteiger partial charge >= 0.3 is 0 Å². The average Bonchev–Trinajstić information content (AvgIpc) is 2.84. The number of carbonyl (C=O) groups is 1. The number of likely N-dealkylation sites (tertiary alicyclic amines) is 1. The van der Waals surface area contributed by atoms with E-state index in [0.717, 1.165) is 50.6 Å². The van der Waals surface area contributed by atoms with E-state index in [4.69, 9.17) is 5.73 Å². The van der Waals surface area contributed by atoms with Gasteiger partial charge in [-0.3, -0.25) is 9.69 Å². The number of thiazole rings is 1. The van der Waals surface area contributed by atoms with Gasteiger partial charge in [0.05, 0.1) is 0 Å². The molecule has 0 saturated carbocycles. The highest BCUT2D eigenvalue weighted by atomic mass is 32.1. The molecule has 1 aromatic heterocycles. The van der Waals surface area contributed by atoms with Crippen molar-refractivity contribution in [3.05, 3.63) is 11.1 Å². The van der Waals surface area contributed by atoms with Gasteiger partial charge in [-0.1, -0.05) is 6.92 Å². The second kappa shape index (κ2) is 6.86. The number of piperidine rings is 1. The molecular weight excluding hydrogens is 260 g/mol. The number of aromatic nitrogens is 1. The normalized spacial score (nSPS) is 17.5. The summed E-state index contributed by atoms with van der Waals surface area (Å²) in [5.41, 5.74) is 5.34. The maximum atomic E-state index is 11.1. The van der Waals surface area contributed by atoms with Crippen LogP contribution in [0.2, 0.25) is 0 Å². The molecule has 2 heterocycles. The first kappa shape index (κ1) is 14.3. The number of carbonyl (C=O) groups excluding carboxylic acids is 1. The molecule has 0 atom stereocenters. The van der Waals surface area contributed by atoms with Crippen LogP contribution in [-0.4, -0.2) is 35.4 Å². The molecule has 0 aliphatic carbocycles. The van der Waals surface area contributed by atoms with Gasteiger partial charge in [0.1, 0.15) is 0 Å². The summed E-state index contributed by atoms with van der Waals surface area (Å²) in [6, 6.07) is 0. The topological polar surface area (TPSA) is 71.2 Å². The van der Waals surface area contributed by atoms with Gasteiger partial charge in [0.2, 0.25) is 5.91 Å². The van der Waals surface area contributed by atoms with Crippen LogP contribution in [-0.2, 0) is 11.3 Å². The van der Waals surface area contributed by atoms with Crippen molar-refractivity contribution in [2.45, 2.75) is 32.7 Å². The van der Waals surface area contributed by atoms with Crippen LogP contribution in [0.4, 0.5) is 5.13 Å². The van der Waals surface area contributed by atoms with Crippen LogP contribution >= 0.6 is 11.3 Å². The van der Waals surface area contributed by atoms with Crippen molar-refractivity contribution >= 4 is 22.4 Å². The Kier molecular flexibility index (Phi) is 5.15. The van der Waals surface area contributed by atoms with Gasteiger partial charge in [0.15, 0.2) is 5.13 Å². The lowest BCUT2D eigenvalue weighted by Gasteiger charge is -2.29. The molecule has 106 valence electrons. The molecule has 0 radical (unpaired) electrons. The van der Waals surface area contributed by atoms with Crippen molar-refractivity contribution in [2.75, 3.05) is 25.0 Å². The van der Waals surface area contributed by atoms with Crippen LogP contribution in [0.5, 0.6) is 0 Å². The van der Waals surface area contributed by atoms with Crippen molar-refractivity contribution in [1.82, 2.24) is 9.88 Å². The number of amides is 1. The van der Waals surface area contributed by atoms with Gasteiger partial charge in [-0.05, 0) is 32.4 Å². The summed E-state index contributed by atoms with van der Waals surface area (Å²) >= 11 is 1.72. The number of anilines is 1. The monoisotopic (exact) mass is 282 g/mol. The Bertz CT molecular complexity index is 413. The van der Waals surface area contributed by atoms with E-state index in [-0.39, 0.29) is 11.8 Å². The van der Waals surface area contributed by atoms with E-state index in [9.17, 15) is 4.79 Å². The van der Waals surface area contributed by atoms with Crippen LogP contribution < -0.4 is 11.1 Å². The SMILES string of the molecule is CCCNc1ncc(CN2CCC(C(N)=O)CC2)s1. The number of nitrogens with one attached hydrogen (secondary N) is 1. The number of hydrogen-bond donors (Lipinski definition) is 2. The van der Waals surface area contributed by atoms with Crippen molar-refractivity contribution in [3.63, 3.8) is 0 Å². The molecule has 2 rings (SSSR count). The average molecular weight is 282 g/mol. The Labute approximate surface area is 118 Å². The third-order valence-corrected chi connectivity index (χ3v) is 4.39. The molecule has 1 amide bonds. The van der Waals surface area contributed by atoms with Crippen molar-refractivity contribution in [1.29, 1.82) is 0 Å². The molecule has 0 bridgehead atoms. The summed E-state index contributed by atoms with van der Waals surface area (Å²) in [6.07, 6.45) is 4.82. The highest BCUT2D eigenvalue weighted by Gasteiger charge is 2.23. The lowest BCUT2D eigenvalue weighted by atomic mass is 9.96. The summed E-state index contributed by atoms with van der Waals surface area (Å²) < 4.78 is 0. The standard InChI is InChI=1S/C13H22N4OS/c1-2-5-15-13-16-8-11(19-13)9-17-6-3-10(4-7-17)12(14)18/h8,10H,2-7,9H2,1H3,(H2,14,18)(H,15,16). The van der Waals surface area contributed by atoms with Crippen LogP contribution in [0.15, 0.2) is 6.20 Å². The zero-order chi connectivity index (χ0) is 13.7. The maximum Gasteiger partial charge on any atom is 0.220 e. The molecule has 1 aromatic rings. The van der Waals surface area contributed by atoms with E-state index in [1.165, 1.54) is 4.88 Å². The lowest BCUT2D eigenvalue weighted by molar-refractivity contribution is -0.123. The molecule has 1 aliphatic heterocycles. The van der Waals surface area contributed by atoms with E-state index in [0.29, 0.717) is 0 Å². The largest absolute Gasteiger partial charge is 0.369 e. The number of nitrogens with two attached hydrogens (primary N) is 1. The summed E-state index contributed by atoms with van der Waals surface area (Å²) in [5, 5.41) is 4.31. The minimum atomic E-state index is -0.150. The van der Waals surface area contributed by atoms with Crippen molar-refractivity contribution in [3.8, 4) is 0 Å². The molecule has 0 unspecified atom stereocenters.